The van der Waals surface area contributed by atoms with Crippen molar-refractivity contribution in [1.29, 1.82) is 0 Å². The summed E-state index contributed by atoms with van der Waals surface area (Å²) in [5.41, 5.74) is 2.40. The van der Waals surface area contributed by atoms with Crippen molar-refractivity contribution in [3.8, 4) is 5.69 Å². The minimum Gasteiger partial charge on any atom is -0.311 e. The number of hydrogen-bond acceptors (Lipinski definition) is 4. The van der Waals surface area contributed by atoms with Gasteiger partial charge in [-0.3, -0.25) is 9.69 Å². The minimum absolute atomic E-state index is 0.162. The van der Waals surface area contributed by atoms with E-state index >= 15 is 0 Å². The highest BCUT2D eigenvalue weighted by Crippen LogP contribution is 2.29. The molecule has 1 aromatic carbocycles. The van der Waals surface area contributed by atoms with Crippen LogP contribution in [-0.2, 0) is 11.3 Å². The number of benzene rings is 1. The van der Waals surface area contributed by atoms with Crippen LogP contribution < -0.4 is 5.32 Å². The zero-order chi connectivity index (χ0) is 21.0. The van der Waals surface area contributed by atoms with E-state index < -0.39 is 0 Å². The van der Waals surface area contributed by atoms with Gasteiger partial charge in [-0.1, -0.05) is 25.0 Å². The maximum atomic E-state index is 12.5. The summed E-state index contributed by atoms with van der Waals surface area (Å²) in [6.07, 6.45) is 12.0. The summed E-state index contributed by atoms with van der Waals surface area (Å²) >= 11 is 0. The quantitative estimate of drug-likeness (QED) is 0.656. The van der Waals surface area contributed by atoms with Crippen LogP contribution in [0.2, 0.25) is 0 Å². The highest BCUT2D eigenvalue weighted by Gasteiger charge is 2.26. The summed E-state index contributed by atoms with van der Waals surface area (Å²) in [5.74, 6) is 1.18. The van der Waals surface area contributed by atoms with E-state index in [4.69, 9.17) is 0 Å². The molecule has 1 amide bonds. The van der Waals surface area contributed by atoms with Gasteiger partial charge in [-0.05, 0) is 49.4 Å². The van der Waals surface area contributed by atoms with Gasteiger partial charge in [-0.15, -0.1) is 0 Å². The van der Waals surface area contributed by atoms with Crippen LogP contribution in [0.1, 0.15) is 50.1 Å². The van der Waals surface area contributed by atoms with Gasteiger partial charge in [0.25, 0.3) is 0 Å². The zero-order valence-corrected chi connectivity index (χ0v) is 17.9. The average Bonchev–Trinajstić information content (AvgIpc) is 3.57. The molecule has 3 aromatic rings. The van der Waals surface area contributed by atoms with Crippen LogP contribution in [0.15, 0.2) is 55.0 Å². The molecule has 1 aliphatic heterocycles. The second-order valence-corrected chi connectivity index (χ2v) is 8.76. The average molecular weight is 419 g/mol. The van der Waals surface area contributed by atoms with Gasteiger partial charge in [0, 0.05) is 44.0 Å². The molecule has 3 heterocycles. The molecule has 1 saturated heterocycles. The number of hydrogen-bond donors (Lipinski definition) is 1. The number of nitrogens with zero attached hydrogens (tertiary/aromatic N) is 5. The first kappa shape index (κ1) is 20.0. The van der Waals surface area contributed by atoms with Gasteiger partial charge in [0.05, 0.1) is 17.9 Å². The molecular formula is C24H30N6O. The fourth-order valence-electron chi connectivity index (χ4n) is 4.88. The summed E-state index contributed by atoms with van der Waals surface area (Å²) in [7, 11) is 0. The summed E-state index contributed by atoms with van der Waals surface area (Å²) in [4.78, 5) is 15.0. The number of carbonyl (C=O) groups excluding carboxylic acids is 1. The van der Waals surface area contributed by atoms with Crippen LogP contribution in [0.5, 0.6) is 0 Å². The summed E-state index contributed by atoms with van der Waals surface area (Å²) < 4.78 is 3.91. The van der Waals surface area contributed by atoms with E-state index in [9.17, 15) is 4.79 Å². The van der Waals surface area contributed by atoms with E-state index in [-0.39, 0.29) is 11.8 Å². The Balaban J connectivity index is 1.15. The van der Waals surface area contributed by atoms with Crippen molar-refractivity contribution < 1.29 is 4.79 Å². The number of amides is 1. The number of anilines is 1. The van der Waals surface area contributed by atoms with Crippen molar-refractivity contribution >= 4 is 11.7 Å². The molecule has 0 unspecified atom stereocenters. The SMILES string of the molecule is O=C(Nc1ccnn1C1CCN(Cc2ccc(-n3cccn3)cc2)CC1)C1CCCC1. The summed E-state index contributed by atoms with van der Waals surface area (Å²) in [6.45, 7) is 3.01. The van der Waals surface area contributed by atoms with Crippen LogP contribution in [0.25, 0.3) is 5.69 Å². The van der Waals surface area contributed by atoms with Gasteiger partial charge in [0.1, 0.15) is 5.82 Å². The molecule has 162 valence electrons. The van der Waals surface area contributed by atoms with Crippen molar-refractivity contribution in [1.82, 2.24) is 24.5 Å². The highest BCUT2D eigenvalue weighted by molar-refractivity contribution is 5.91. The number of rotatable bonds is 6. The molecule has 2 aromatic heterocycles. The Labute approximate surface area is 183 Å². The third-order valence-corrected chi connectivity index (χ3v) is 6.66. The maximum absolute atomic E-state index is 12.5. The molecule has 5 rings (SSSR count). The Bertz CT molecular complexity index is 980. The largest absolute Gasteiger partial charge is 0.311 e. The van der Waals surface area contributed by atoms with E-state index in [1.165, 1.54) is 18.4 Å². The topological polar surface area (TPSA) is 68.0 Å². The molecule has 0 atom stereocenters. The molecule has 2 aliphatic rings. The molecule has 7 heteroatoms. The molecule has 0 radical (unpaired) electrons. The summed E-state index contributed by atoms with van der Waals surface area (Å²) in [6, 6.07) is 12.8. The zero-order valence-electron chi connectivity index (χ0n) is 17.9. The third kappa shape index (κ3) is 4.56. The van der Waals surface area contributed by atoms with Crippen LogP contribution in [0.4, 0.5) is 5.82 Å². The van der Waals surface area contributed by atoms with E-state index in [2.05, 4.69) is 44.7 Å². The lowest BCUT2D eigenvalue weighted by atomic mass is 10.0. The van der Waals surface area contributed by atoms with E-state index in [1.54, 1.807) is 12.4 Å². The predicted octanol–water partition coefficient (Wildman–Crippen LogP) is 4.03. The predicted molar refractivity (Wildman–Crippen MR) is 120 cm³/mol. The lowest BCUT2D eigenvalue weighted by molar-refractivity contribution is -0.119. The van der Waals surface area contributed by atoms with E-state index in [0.29, 0.717) is 6.04 Å². The van der Waals surface area contributed by atoms with Crippen LogP contribution in [0.3, 0.4) is 0 Å². The monoisotopic (exact) mass is 418 g/mol. The fourth-order valence-corrected chi connectivity index (χ4v) is 4.88. The molecular weight excluding hydrogens is 388 g/mol. The number of likely N-dealkylation sites (tertiary alicyclic amines) is 1. The molecule has 0 spiro atoms. The van der Waals surface area contributed by atoms with Crippen molar-refractivity contribution in [3.63, 3.8) is 0 Å². The van der Waals surface area contributed by atoms with Gasteiger partial charge < -0.3 is 5.32 Å². The lowest BCUT2D eigenvalue weighted by Gasteiger charge is -2.32. The molecule has 1 aliphatic carbocycles. The van der Waals surface area contributed by atoms with Crippen molar-refractivity contribution in [2.45, 2.75) is 51.1 Å². The summed E-state index contributed by atoms with van der Waals surface area (Å²) in [5, 5.41) is 12.0. The molecule has 7 nitrogen and oxygen atoms in total. The third-order valence-electron chi connectivity index (χ3n) is 6.66. The Kier molecular flexibility index (Phi) is 5.84. The van der Waals surface area contributed by atoms with Crippen molar-refractivity contribution in [2.75, 3.05) is 18.4 Å². The Hall–Kier alpha value is -2.93. The van der Waals surface area contributed by atoms with Gasteiger partial charge in [0.2, 0.25) is 5.91 Å². The number of aromatic nitrogens is 4. The standard InChI is InChI=1S/C24H30N6O/c31-24(20-4-1-2-5-20)27-23-10-14-26-30(23)22-11-16-28(17-12-22)18-19-6-8-21(9-7-19)29-15-3-13-25-29/h3,6-10,13-15,20,22H,1-2,4-5,11-12,16-18H2,(H,27,31). The first-order chi connectivity index (χ1) is 15.3. The van der Waals surface area contributed by atoms with Crippen LogP contribution in [0, 0.1) is 5.92 Å². The number of nitrogens with one attached hydrogen (secondary N) is 1. The highest BCUT2D eigenvalue weighted by atomic mass is 16.2. The second kappa shape index (κ2) is 9.06. The van der Waals surface area contributed by atoms with E-state index in [0.717, 1.165) is 56.8 Å². The molecule has 1 N–H and O–H groups in total. The van der Waals surface area contributed by atoms with Crippen LogP contribution in [-0.4, -0.2) is 43.5 Å². The van der Waals surface area contributed by atoms with Crippen molar-refractivity contribution in [3.05, 3.63) is 60.6 Å². The smallest absolute Gasteiger partial charge is 0.228 e. The molecule has 2 fully saturated rings. The first-order valence-electron chi connectivity index (χ1n) is 11.4. The minimum atomic E-state index is 0.162. The second-order valence-electron chi connectivity index (χ2n) is 8.76. The van der Waals surface area contributed by atoms with Gasteiger partial charge in [-0.2, -0.15) is 10.2 Å². The Morgan fingerprint density at radius 3 is 2.45 bits per heavy atom. The lowest BCUT2D eigenvalue weighted by Crippen LogP contribution is -2.35. The maximum Gasteiger partial charge on any atom is 0.228 e. The van der Waals surface area contributed by atoms with Gasteiger partial charge in [0.15, 0.2) is 0 Å². The molecule has 1 saturated carbocycles. The first-order valence-corrected chi connectivity index (χ1v) is 11.4. The normalized spacial score (nSPS) is 18.5. The number of piperidine rings is 1. The Morgan fingerprint density at radius 2 is 1.74 bits per heavy atom. The molecule has 0 bridgehead atoms. The number of carbonyl (C=O) groups is 1. The fraction of sp³-hybridized carbons (Fsp3) is 0.458. The Morgan fingerprint density at radius 1 is 0.968 bits per heavy atom. The van der Waals surface area contributed by atoms with Crippen LogP contribution >= 0.6 is 0 Å². The molecule has 31 heavy (non-hydrogen) atoms. The van der Waals surface area contributed by atoms with Gasteiger partial charge in [-0.25, -0.2) is 9.36 Å². The van der Waals surface area contributed by atoms with Crippen molar-refractivity contribution in [2.24, 2.45) is 5.92 Å². The van der Waals surface area contributed by atoms with E-state index in [1.807, 2.05) is 27.7 Å². The van der Waals surface area contributed by atoms with Gasteiger partial charge >= 0.3 is 0 Å².